The average Bonchev–Trinajstić information content (AvgIpc) is 3.35. The van der Waals surface area contributed by atoms with Crippen LogP contribution in [-0.4, -0.2) is 37.2 Å². The molecule has 1 unspecified atom stereocenters. The number of hydrogen-bond donors (Lipinski definition) is 0. The van der Waals surface area contributed by atoms with E-state index in [4.69, 9.17) is 14.2 Å². The van der Waals surface area contributed by atoms with Crippen molar-refractivity contribution in [3.8, 4) is 0 Å². The minimum atomic E-state index is -0.822. The Hall–Kier alpha value is -4.71. The smallest absolute Gasteiger partial charge is 0.306 e. The third-order valence-electron chi connectivity index (χ3n) is 11.1. The fourth-order valence-corrected chi connectivity index (χ4v) is 7.02. The normalized spacial score (nSPS) is 13.3. The number of hydrogen-bond acceptors (Lipinski definition) is 6. The molecule has 0 saturated heterocycles. The van der Waals surface area contributed by atoms with Crippen LogP contribution in [0.1, 0.15) is 213 Å². The molecule has 0 aliphatic rings. The van der Waals surface area contributed by atoms with E-state index in [9.17, 15) is 14.4 Å². The Morgan fingerprint density at radius 3 is 0.942 bits per heavy atom. The molecule has 0 aromatic carbocycles. The van der Waals surface area contributed by atoms with Crippen LogP contribution < -0.4 is 0 Å². The number of ether oxygens (including phenoxy) is 3. The molecule has 0 heterocycles. The van der Waals surface area contributed by atoms with E-state index in [-0.39, 0.29) is 31.1 Å². The molecule has 0 aliphatic heterocycles. The monoisotopic (exact) mass is 951 g/mol. The van der Waals surface area contributed by atoms with Gasteiger partial charge in [0.1, 0.15) is 13.2 Å². The van der Waals surface area contributed by atoms with Crippen molar-refractivity contribution >= 4 is 17.9 Å². The van der Waals surface area contributed by atoms with Gasteiger partial charge in [-0.2, -0.15) is 0 Å². The molecule has 386 valence electrons. The second-order valence-electron chi connectivity index (χ2n) is 17.6. The summed E-state index contributed by atoms with van der Waals surface area (Å²) in [5.74, 6) is -1.01. The standard InChI is InChI=1S/C63H98O6/c1-4-7-10-13-16-19-22-25-27-29-31-33-35-38-41-44-47-50-53-56-62(65)68-59-60(58-67-61(64)55-52-49-46-43-40-37-24-21-18-15-12-9-6-3)69-63(66)57-54-51-48-45-42-39-36-34-32-30-28-26-23-20-17-14-11-8-5-2/h7,9-10,12-13,15-16,18-19,21-22,24-25,27,29-33,35,37-38,40-41,60H,4-6,8,11,14,17,20,23,26,28,34,36,39,42-59H2,1-3H3/b10-7-,12-9-,16-13-,18-15-,22-19-,24-21-,27-25-,31-29+,32-30-,35-33-,40-37-,41-38-. The van der Waals surface area contributed by atoms with Gasteiger partial charge in [-0.15, -0.1) is 0 Å². The average molecular weight is 951 g/mol. The first-order valence-electron chi connectivity index (χ1n) is 27.5. The number of unbranched alkanes of at least 4 members (excludes halogenated alkanes) is 21. The fraction of sp³-hybridized carbons (Fsp3) is 0.571. The molecule has 0 saturated carbocycles. The maximum absolute atomic E-state index is 12.8. The Labute approximate surface area is 423 Å². The summed E-state index contributed by atoms with van der Waals surface area (Å²) in [5.41, 5.74) is 0. The second-order valence-corrected chi connectivity index (χ2v) is 17.6. The molecule has 6 nitrogen and oxygen atoms in total. The van der Waals surface area contributed by atoms with E-state index < -0.39 is 6.10 Å². The van der Waals surface area contributed by atoms with Crippen molar-refractivity contribution in [3.05, 3.63) is 146 Å². The Bertz CT molecular complexity index is 1560. The van der Waals surface area contributed by atoms with Crippen LogP contribution in [0.2, 0.25) is 0 Å². The van der Waals surface area contributed by atoms with Gasteiger partial charge in [0.25, 0.3) is 0 Å². The van der Waals surface area contributed by atoms with Gasteiger partial charge in [-0.1, -0.05) is 256 Å². The predicted molar refractivity (Wildman–Crippen MR) is 297 cm³/mol. The molecule has 0 N–H and O–H groups in total. The lowest BCUT2D eigenvalue weighted by Gasteiger charge is -2.18. The molecular formula is C63H98O6. The Morgan fingerprint density at radius 1 is 0.304 bits per heavy atom. The second kappa shape index (κ2) is 55.9. The molecule has 0 aliphatic carbocycles. The minimum absolute atomic E-state index is 0.121. The third kappa shape index (κ3) is 54.1. The first kappa shape index (κ1) is 64.3. The summed E-state index contributed by atoms with van der Waals surface area (Å²) in [6.45, 7) is 6.26. The van der Waals surface area contributed by atoms with Crippen molar-refractivity contribution in [1.82, 2.24) is 0 Å². The van der Waals surface area contributed by atoms with Crippen molar-refractivity contribution in [2.45, 2.75) is 219 Å². The van der Waals surface area contributed by atoms with E-state index in [1.807, 2.05) is 109 Å². The van der Waals surface area contributed by atoms with Gasteiger partial charge in [0, 0.05) is 19.3 Å². The van der Waals surface area contributed by atoms with Crippen LogP contribution >= 0.6 is 0 Å². The molecule has 6 heteroatoms. The van der Waals surface area contributed by atoms with Crippen molar-refractivity contribution < 1.29 is 28.6 Å². The highest BCUT2D eigenvalue weighted by Crippen LogP contribution is 2.14. The highest BCUT2D eigenvalue weighted by molar-refractivity contribution is 5.71. The van der Waals surface area contributed by atoms with E-state index in [2.05, 4.69) is 57.2 Å². The number of rotatable bonds is 47. The first-order chi connectivity index (χ1) is 34.0. The summed E-state index contributed by atoms with van der Waals surface area (Å²) < 4.78 is 16.8. The molecule has 0 bridgehead atoms. The molecular weight excluding hydrogens is 853 g/mol. The topological polar surface area (TPSA) is 78.9 Å². The van der Waals surface area contributed by atoms with Crippen LogP contribution in [0.3, 0.4) is 0 Å². The summed E-state index contributed by atoms with van der Waals surface area (Å²) in [4.78, 5) is 38.1. The van der Waals surface area contributed by atoms with Crippen LogP contribution in [0.4, 0.5) is 0 Å². The van der Waals surface area contributed by atoms with E-state index in [1.54, 1.807) is 0 Å². The van der Waals surface area contributed by atoms with Crippen molar-refractivity contribution in [3.63, 3.8) is 0 Å². The largest absolute Gasteiger partial charge is 0.462 e. The molecule has 0 spiro atoms. The van der Waals surface area contributed by atoms with Crippen molar-refractivity contribution in [1.29, 1.82) is 0 Å². The molecule has 0 fully saturated rings. The number of esters is 3. The van der Waals surface area contributed by atoms with Gasteiger partial charge in [0.2, 0.25) is 0 Å². The lowest BCUT2D eigenvalue weighted by Crippen LogP contribution is -2.30. The number of carbonyl (C=O) groups is 3. The molecule has 0 radical (unpaired) electrons. The lowest BCUT2D eigenvalue weighted by atomic mass is 10.1. The Kier molecular flexibility index (Phi) is 52.1. The van der Waals surface area contributed by atoms with Crippen LogP contribution in [0.25, 0.3) is 0 Å². The van der Waals surface area contributed by atoms with Gasteiger partial charge >= 0.3 is 17.9 Å². The predicted octanol–water partition coefficient (Wildman–Crippen LogP) is 18.4. The van der Waals surface area contributed by atoms with Crippen molar-refractivity contribution in [2.24, 2.45) is 0 Å². The quantitative estimate of drug-likeness (QED) is 0.0199. The van der Waals surface area contributed by atoms with E-state index in [0.717, 1.165) is 77.0 Å². The number of allylic oxidation sites excluding steroid dienone is 24. The Balaban J connectivity index is 4.55. The molecule has 0 aromatic heterocycles. The summed E-state index contributed by atoms with van der Waals surface area (Å²) in [6, 6.07) is 0. The molecule has 1 atom stereocenters. The lowest BCUT2D eigenvalue weighted by molar-refractivity contribution is -0.167. The molecule has 69 heavy (non-hydrogen) atoms. The summed E-state index contributed by atoms with van der Waals surface area (Å²) in [6.07, 6.45) is 79.7. The van der Waals surface area contributed by atoms with Gasteiger partial charge in [-0.25, -0.2) is 0 Å². The van der Waals surface area contributed by atoms with E-state index in [1.165, 1.54) is 89.9 Å². The zero-order valence-corrected chi connectivity index (χ0v) is 44.0. The van der Waals surface area contributed by atoms with Gasteiger partial charge in [0.15, 0.2) is 6.10 Å². The third-order valence-corrected chi connectivity index (χ3v) is 11.1. The maximum atomic E-state index is 12.8. The summed E-state index contributed by atoms with van der Waals surface area (Å²) in [7, 11) is 0. The number of carbonyl (C=O) groups excluding carboxylic acids is 3. The van der Waals surface area contributed by atoms with Crippen molar-refractivity contribution in [2.75, 3.05) is 13.2 Å². The SMILES string of the molecule is CC\C=C/C=C\C=C/C=C\C=C\C=C/C=C\CCCCCC(=O)OCC(COC(=O)CCCCC\C=C/C=C\C=C/C=C\CC)OC(=O)CCCCCCCCC/C=C\CCCCCCCCCC. The van der Waals surface area contributed by atoms with Gasteiger partial charge in [-0.3, -0.25) is 14.4 Å². The van der Waals surface area contributed by atoms with Crippen LogP contribution in [0.5, 0.6) is 0 Å². The maximum Gasteiger partial charge on any atom is 0.306 e. The zero-order chi connectivity index (χ0) is 50.0. The van der Waals surface area contributed by atoms with Gasteiger partial charge in [-0.05, 0) is 83.5 Å². The highest BCUT2D eigenvalue weighted by atomic mass is 16.6. The van der Waals surface area contributed by atoms with Crippen LogP contribution in [0, 0.1) is 0 Å². The minimum Gasteiger partial charge on any atom is -0.462 e. The summed E-state index contributed by atoms with van der Waals surface area (Å²) in [5, 5.41) is 0. The van der Waals surface area contributed by atoms with Crippen LogP contribution in [-0.2, 0) is 28.6 Å². The fourth-order valence-electron chi connectivity index (χ4n) is 7.02. The highest BCUT2D eigenvalue weighted by Gasteiger charge is 2.19. The molecule has 0 amide bonds. The molecule has 0 aromatic rings. The van der Waals surface area contributed by atoms with E-state index >= 15 is 0 Å². The van der Waals surface area contributed by atoms with Crippen LogP contribution in [0.15, 0.2) is 146 Å². The Morgan fingerprint density at radius 2 is 0.580 bits per heavy atom. The van der Waals surface area contributed by atoms with Gasteiger partial charge in [0.05, 0.1) is 0 Å². The molecule has 0 rings (SSSR count). The zero-order valence-electron chi connectivity index (χ0n) is 44.0. The first-order valence-corrected chi connectivity index (χ1v) is 27.5. The van der Waals surface area contributed by atoms with Gasteiger partial charge < -0.3 is 14.2 Å². The van der Waals surface area contributed by atoms with E-state index in [0.29, 0.717) is 25.7 Å². The summed E-state index contributed by atoms with van der Waals surface area (Å²) >= 11 is 0.